The Labute approximate surface area is 161 Å². The highest BCUT2D eigenvalue weighted by Crippen LogP contribution is 2.33. The summed E-state index contributed by atoms with van der Waals surface area (Å²) < 4.78 is 5.75. The Morgan fingerprint density at radius 3 is 2.41 bits per heavy atom. The van der Waals surface area contributed by atoms with E-state index >= 15 is 0 Å². The molecule has 0 saturated carbocycles. The van der Waals surface area contributed by atoms with Crippen LogP contribution in [0.25, 0.3) is 0 Å². The molecule has 1 amide bonds. The van der Waals surface area contributed by atoms with Crippen molar-refractivity contribution in [3.05, 3.63) is 58.7 Å². The molecular weight excluding hydrogens is 338 g/mol. The van der Waals surface area contributed by atoms with E-state index in [2.05, 4.69) is 13.8 Å². The van der Waals surface area contributed by atoms with Crippen LogP contribution in [0.1, 0.15) is 48.4 Å². The summed E-state index contributed by atoms with van der Waals surface area (Å²) in [5.41, 5.74) is 5.04. The van der Waals surface area contributed by atoms with Crippen molar-refractivity contribution in [2.45, 2.75) is 47.0 Å². The molecule has 1 saturated heterocycles. The van der Waals surface area contributed by atoms with Crippen LogP contribution in [0.4, 0.5) is 5.69 Å². The second-order valence-electron chi connectivity index (χ2n) is 7.76. The highest BCUT2D eigenvalue weighted by molar-refractivity contribution is 6.00. The van der Waals surface area contributed by atoms with E-state index in [9.17, 15) is 9.59 Å². The molecule has 0 spiro atoms. The Morgan fingerprint density at radius 1 is 1.11 bits per heavy atom. The smallest absolute Gasteiger partial charge is 0.316 e. The lowest BCUT2D eigenvalue weighted by molar-refractivity contribution is -0.139. The van der Waals surface area contributed by atoms with Gasteiger partial charge in [-0.2, -0.15) is 0 Å². The predicted molar refractivity (Wildman–Crippen MR) is 107 cm³/mol. The van der Waals surface area contributed by atoms with Crippen LogP contribution in [0.2, 0.25) is 0 Å². The Morgan fingerprint density at radius 2 is 1.78 bits per heavy atom. The van der Waals surface area contributed by atoms with Crippen molar-refractivity contribution < 1.29 is 14.3 Å². The highest BCUT2D eigenvalue weighted by atomic mass is 16.5. The van der Waals surface area contributed by atoms with Crippen LogP contribution in [0, 0.1) is 26.7 Å². The van der Waals surface area contributed by atoms with Crippen molar-refractivity contribution in [3.63, 3.8) is 0 Å². The Balaban J connectivity index is 1.80. The summed E-state index contributed by atoms with van der Waals surface area (Å²) >= 11 is 0. The first-order valence-corrected chi connectivity index (χ1v) is 9.46. The van der Waals surface area contributed by atoms with Gasteiger partial charge in [-0.25, -0.2) is 0 Å². The topological polar surface area (TPSA) is 46.6 Å². The van der Waals surface area contributed by atoms with Gasteiger partial charge in [0.25, 0.3) is 0 Å². The second kappa shape index (κ2) is 7.55. The van der Waals surface area contributed by atoms with Crippen LogP contribution in [0.5, 0.6) is 5.75 Å². The summed E-state index contributed by atoms with van der Waals surface area (Å²) in [7, 11) is 0. The lowest BCUT2D eigenvalue weighted by atomic mass is 10.0. The molecule has 1 aliphatic heterocycles. The Kier molecular flexibility index (Phi) is 5.36. The van der Waals surface area contributed by atoms with Gasteiger partial charge in [0.15, 0.2) is 0 Å². The number of ether oxygens (including phenoxy) is 1. The van der Waals surface area contributed by atoms with E-state index in [1.807, 2.05) is 57.2 Å². The Bertz CT molecular complexity index is 865. The summed E-state index contributed by atoms with van der Waals surface area (Å²) in [6.07, 6.45) is 0.190. The number of carbonyl (C=O) groups is 2. The summed E-state index contributed by atoms with van der Waals surface area (Å²) in [6, 6.07) is 11.9. The minimum Gasteiger partial charge on any atom is -0.426 e. The van der Waals surface area contributed by atoms with E-state index in [1.54, 1.807) is 4.90 Å². The molecular formula is C23H27NO3. The highest BCUT2D eigenvalue weighted by Gasteiger charge is 2.37. The minimum absolute atomic E-state index is 0.0253. The molecule has 1 atom stereocenters. The van der Waals surface area contributed by atoms with E-state index in [1.165, 1.54) is 0 Å². The van der Waals surface area contributed by atoms with Gasteiger partial charge in [0.1, 0.15) is 5.75 Å². The molecule has 4 heteroatoms. The van der Waals surface area contributed by atoms with Gasteiger partial charge in [-0.05, 0) is 55.0 Å². The number of hydrogen-bond acceptors (Lipinski definition) is 3. The van der Waals surface area contributed by atoms with Gasteiger partial charge in [-0.3, -0.25) is 9.59 Å². The van der Waals surface area contributed by atoms with Crippen LogP contribution < -0.4 is 9.64 Å². The van der Waals surface area contributed by atoms with Crippen LogP contribution in [0.3, 0.4) is 0 Å². The molecule has 0 bridgehead atoms. The van der Waals surface area contributed by atoms with E-state index in [0.29, 0.717) is 12.3 Å². The molecule has 1 fully saturated rings. The predicted octanol–water partition coefficient (Wildman–Crippen LogP) is 4.69. The molecule has 0 unspecified atom stereocenters. The number of hydrogen-bond donors (Lipinski definition) is 0. The lowest BCUT2D eigenvalue weighted by Crippen LogP contribution is -2.28. The van der Waals surface area contributed by atoms with Gasteiger partial charge in [-0.1, -0.05) is 44.2 Å². The average molecular weight is 365 g/mol. The number of anilines is 1. The fourth-order valence-corrected chi connectivity index (χ4v) is 3.71. The maximum atomic E-state index is 12.8. The molecule has 4 nitrogen and oxygen atoms in total. The zero-order valence-corrected chi connectivity index (χ0v) is 16.7. The first-order chi connectivity index (χ1) is 12.8. The number of rotatable bonds is 4. The molecule has 0 N–H and O–H groups in total. The van der Waals surface area contributed by atoms with Gasteiger partial charge in [0, 0.05) is 18.7 Å². The lowest BCUT2D eigenvalue weighted by Gasteiger charge is -2.21. The molecule has 0 aromatic heterocycles. The summed E-state index contributed by atoms with van der Waals surface area (Å²) in [4.78, 5) is 27.1. The van der Waals surface area contributed by atoms with Crippen LogP contribution >= 0.6 is 0 Å². The van der Waals surface area contributed by atoms with Crippen LogP contribution in [-0.2, 0) is 9.59 Å². The monoisotopic (exact) mass is 365 g/mol. The first-order valence-electron chi connectivity index (χ1n) is 9.46. The molecule has 27 heavy (non-hydrogen) atoms. The molecule has 2 aromatic carbocycles. The van der Waals surface area contributed by atoms with Crippen molar-refractivity contribution in [1.29, 1.82) is 0 Å². The number of amides is 1. The molecule has 0 radical (unpaired) electrons. The SMILES string of the molecule is Cc1ccc(C(C)C)c(OC(=O)[C@H]2CC(=O)N(c3c(C)cccc3C)C2)c1. The number of esters is 1. The van der Waals surface area contributed by atoms with Gasteiger partial charge in [0.2, 0.25) is 5.91 Å². The molecule has 2 aromatic rings. The average Bonchev–Trinajstić information content (AvgIpc) is 2.96. The van der Waals surface area contributed by atoms with Crippen molar-refractivity contribution >= 4 is 17.6 Å². The normalized spacial score (nSPS) is 16.9. The van der Waals surface area contributed by atoms with Gasteiger partial charge < -0.3 is 9.64 Å². The molecule has 1 aliphatic rings. The van der Waals surface area contributed by atoms with Crippen molar-refractivity contribution in [1.82, 2.24) is 0 Å². The van der Waals surface area contributed by atoms with Crippen molar-refractivity contribution in [3.8, 4) is 5.75 Å². The summed E-state index contributed by atoms with van der Waals surface area (Å²) in [6.45, 7) is 10.5. The quantitative estimate of drug-likeness (QED) is 0.583. The first kappa shape index (κ1) is 19.2. The number of aryl methyl sites for hydroxylation is 3. The minimum atomic E-state index is -0.447. The van der Waals surface area contributed by atoms with E-state index in [-0.39, 0.29) is 24.2 Å². The third-order valence-electron chi connectivity index (χ3n) is 5.17. The van der Waals surface area contributed by atoms with Crippen molar-refractivity contribution in [2.75, 3.05) is 11.4 Å². The third-order valence-corrected chi connectivity index (χ3v) is 5.17. The standard InChI is InChI=1S/C23H27NO3/c1-14(2)19-10-9-15(3)11-20(19)27-23(26)18-12-21(25)24(13-18)22-16(4)7-6-8-17(22)5/h6-11,14,18H,12-13H2,1-5H3/t18-/m0/s1. The Hall–Kier alpha value is -2.62. The molecule has 1 heterocycles. The molecule has 3 rings (SSSR count). The second-order valence-corrected chi connectivity index (χ2v) is 7.76. The van der Waals surface area contributed by atoms with Crippen LogP contribution in [0.15, 0.2) is 36.4 Å². The molecule has 142 valence electrons. The number of para-hydroxylation sites is 1. The third kappa shape index (κ3) is 3.90. The number of benzene rings is 2. The van der Waals surface area contributed by atoms with E-state index in [4.69, 9.17) is 4.74 Å². The maximum absolute atomic E-state index is 12.8. The largest absolute Gasteiger partial charge is 0.426 e. The zero-order valence-electron chi connectivity index (χ0n) is 16.7. The van der Waals surface area contributed by atoms with Gasteiger partial charge in [0.05, 0.1) is 5.92 Å². The molecule has 0 aliphatic carbocycles. The fraction of sp³-hybridized carbons (Fsp3) is 0.391. The van der Waals surface area contributed by atoms with Gasteiger partial charge in [-0.15, -0.1) is 0 Å². The van der Waals surface area contributed by atoms with Crippen molar-refractivity contribution in [2.24, 2.45) is 5.92 Å². The van der Waals surface area contributed by atoms with E-state index < -0.39 is 5.92 Å². The summed E-state index contributed by atoms with van der Waals surface area (Å²) in [5, 5.41) is 0. The number of carbonyl (C=O) groups excluding carboxylic acids is 2. The van der Waals surface area contributed by atoms with Gasteiger partial charge >= 0.3 is 5.97 Å². The summed E-state index contributed by atoms with van der Waals surface area (Å²) in [5.74, 6) is 0.0574. The van der Waals surface area contributed by atoms with E-state index in [0.717, 1.165) is 27.9 Å². The fourth-order valence-electron chi connectivity index (χ4n) is 3.71. The number of nitrogens with zero attached hydrogens (tertiary/aromatic N) is 1. The zero-order chi connectivity index (χ0) is 19.7. The maximum Gasteiger partial charge on any atom is 0.316 e. The van der Waals surface area contributed by atoms with Crippen LogP contribution in [-0.4, -0.2) is 18.4 Å².